The molecule has 0 unspecified atom stereocenters. The summed E-state index contributed by atoms with van der Waals surface area (Å²) in [6, 6.07) is 10.8. The van der Waals surface area contributed by atoms with E-state index in [1.54, 1.807) is 11.8 Å². The third kappa shape index (κ3) is 4.93. The highest BCUT2D eigenvalue weighted by molar-refractivity contribution is 9.10. The molecule has 1 saturated heterocycles. The van der Waals surface area contributed by atoms with Crippen LogP contribution in [0.2, 0.25) is 0 Å². The van der Waals surface area contributed by atoms with E-state index in [-0.39, 0.29) is 5.82 Å². The van der Waals surface area contributed by atoms with Crippen LogP contribution in [0.1, 0.15) is 0 Å². The number of hydrogen-bond acceptors (Lipinski definition) is 4. The molecule has 0 bridgehead atoms. The normalized spacial score (nSPS) is 15.8. The van der Waals surface area contributed by atoms with Gasteiger partial charge >= 0.3 is 0 Å². The monoisotopic (exact) mass is 395 g/mol. The molecule has 0 radical (unpaired) electrons. The predicted molar refractivity (Wildman–Crippen MR) is 97.7 cm³/mol. The molecule has 1 fully saturated rings. The van der Waals surface area contributed by atoms with Crippen molar-refractivity contribution in [3.05, 3.63) is 52.9 Å². The van der Waals surface area contributed by atoms with Gasteiger partial charge in [0.15, 0.2) is 0 Å². The van der Waals surface area contributed by atoms with Gasteiger partial charge in [-0.2, -0.15) is 0 Å². The van der Waals surface area contributed by atoms with Crippen LogP contribution in [0, 0.1) is 5.82 Å². The molecule has 3 nitrogen and oxygen atoms in total. The maximum Gasteiger partial charge on any atom is 0.128 e. The Balaban J connectivity index is 1.40. The summed E-state index contributed by atoms with van der Waals surface area (Å²) < 4.78 is 13.9. The molecule has 0 saturated carbocycles. The zero-order chi connectivity index (χ0) is 16.1. The van der Waals surface area contributed by atoms with E-state index in [2.05, 4.69) is 36.8 Å². The quantitative estimate of drug-likeness (QED) is 0.714. The molecule has 2 aromatic rings. The molecule has 2 heterocycles. The van der Waals surface area contributed by atoms with Crippen LogP contribution in [-0.4, -0.2) is 48.4 Å². The Hall–Kier alpha value is -1.11. The standard InChI is InChI=1S/C17H19BrFN3S/c18-14-1-6-17(20-13-14)22-9-7-21(8-10-22)11-12-23-16-4-2-15(19)3-5-16/h1-6,13H,7-12H2. The van der Waals surface area contributed by atoms with Crippen LogP contribution in [0.15, 0.2) is 52.0 Å². The van der Waals surface area contributed by atoms with Crippen molar-refractivity contribution < 1.29 is 4.39 Å². The number of hydrogen-bond donors (Lipinski definition) is 0. The predicted octanol–water partition coefficient (Wildman–Crippen LogP) is 3.90. The average Bonchev–Trinajstić information content (AvgIpc) is 2.58. The average molecular weight is 396 g/mol. The number of anilines is 1. The topological polar surface area (TPSA) is 19.4 Å². The minimum absolute atomic E-state index is 0.174. The molecule has 0 aliphatic carbocycles. The van der Waals surface area contributed by atoms with Gasteiger partial charge in [-0.25, -0.2) is 9.37 Å². The number of benzene rings is 1. The Morgan fingerprint density at radius 1 is 1.04 bits per heavy atom. The minimum Gasteiger partial charge on any atom is -0.354 e. The highest BCUT2D eigenvalue weighted by Gasteiger charge is 2.17. The van der Waals surface area contributed by atoms with Gasteiger partial charge in [-0.15, -0.1) is 11.8 Å². The zero-order valence-electron chi connectivity index (χ0n) is 12.8. The van der Waals surface area contributed by atoms with E-state index in [1.807, 2.05) is 24.4 Å². The first-order valence-electron chi connectivity index (χ1n) is 7.68. The Morgan fingerprint density at radius 3 is 2.43 bits per heavy atom. The van der Waals surface area contributed by atoms with Gasteiger partial charge in [0, 0.05) is 54.0 Å². The van der Waals surface area contributed by atoms with Gasteiger partial charge in [0.05, 0.1) is 0 Å². The molecule has 0 spiro atoms. The van der Waals surface area contributed by atoms with E-state index in [0.29, 0.717) is 0 Å². The van der Waals surface area contributed by atoms with Crippen molar-refractivity contribution in [3.63, 3.8) is 0 Å². The molecule has 1 aromatic carbocycles. The maximum atomic E-state index is 12.9. The lowest BCUT2D eigenvalue weighted by Gasteiger charge is -2.35. The van der Waals surface area contributed by atoms with Crippen LogP contribution in [0.25, 0.3) is 0 Å². The summed E-state index contributed by atoms with van der Waals surface area (Å²) in [5.41, 5.74) is 0. The summed E-state index contributed by atoms with van der Waals surface area (Å²) >= 11 is 5.20. The van der Waals surface area contributed by atoms with E-state index in [4.69, 9.17) is 0 Å². The second-order valence-corrected chi connectivity index (χ2v) is 7.55. The SMILES string of the molecule is Fc1ccc(SCCN2CCN(c3ccc(Br)cn3)CC2)cc1. The molecule has 6 heteroatoms. The number of piperazine rings is 1. The first-order chi connectivity index (χ1) is 11.2. The van der Waals surface area contributed by atoms with Gasteiger partial charge in [0.25, 0.3) is 0 Å². The lowest BCUT2D eigenvalue weighted by atomic mass is 10.3. The first kappa shape index (κ1) is 16.7. The Morgan fingerprint density at radius 2 is 1.78 bits per heavy atom. The molecule has 122 valence electrons. The highest BCUT2D eigenvalue weighted by Crippen LogP contribution is 2.19. The van der Waals surface area contributed by atoms with Gasteiger partial charge in [-0.1, -0.05) is 0 Å². The number of rotatable bonds is 5. The minimum atomic E-state index is -0.174. The van der Waals surface area contributed by atoms with Crippen molar-refractivity contribution in [1.82, 2.24) is 9.88 Å². The molecule has 1 aliphatic heterocycles. The van der Waals surface area contributed by atoms with Gasteiger partial charge in [0.1, 0.15) is 11.6 Å². The fourth-order valence-electron chi connectivity index (χ4n) is 2.58. The largest absolute Gasteiger partial charge is 0.354 e. The summed E-state index contributed by atoms with van der Waals surface area (Å²) in [6.45, 7) is 5.19. The van der Waals surface area contributed by atoms with Gasteiger partial charge < -0.3 is 4.90 Å². The molecule has 1 aliphatic rings. The molecule has 0 atom stereocenters. The first-order valence-corrected chi connectivity index (χ1v) is 9.46. The van der Waals surface area contributed by atoms with Crippen LogP contribution < -0.4 is 4.90 Å². The van der Waals surface area contributed by atoms with Gasteiger partial charge in [0.2, 0.25) is 0 Å². The lowest BCUT2D eigenvalue weighted by molar-refractivity contribution is 0.272. The Bertz CT molecular complexity index is 610. The number of thioether (sulfide) groups is 1. The van der Waals surface area contributed by atoms with Crippen LogP contribution >= 0.6 is 27.7 Å². The van der Waals surface area contributed by atoms with Crippen LogP contribution in [0.4, 0.5) is 10.2 Å². The van der Waals surface area contributed by atoms with E-state index in [0.717, 1.165) is 53.7 Å². The van der Waals surface area contributed by atoms with Crippen LogP contribution in [-0.2, 0) is 0 Å². The Kier molecular flexibility index (Phi) is 5.91. The van der Waals surface area contributed by atoms with Crippen molar-refractivity contribution in [2.75, 3.05) is 43.4 Å². The van der Waals surface area contributed by atoms with Crippen molar-refractivity contribution >= 4 is 33.5 Å². The third-order valence-corrected chi connectivity index (χ3v) is 5.36. The zero-order valence-corrected chi connectivity index (χ0v) is 15.2. The molecule has 0 N–H and O–H groups in total. The number of nitrogens with zero attached hydrogens (tertiary/aromatic N) is 3. The summed E-state index contributed by atoms with van der Waals surface area (Å²) in [6.07, 6.45) is 1.85. The van der Waals surface area contributed by atoms with Gasteiger partial charge in [-0.3, -0.25) is 4.90 Å². The summed E-state index contributed by atoms with van der Waals surface area (Å²) in [5, 5.41) is 0. The molecular formula is C17H19BrFN3S. The smallest absolute Gasteiger partial charge is 0.128 e. The summed E-state index contributed by atoms with van der Waals surface area (Å²) in [7, 11) is 0. The fourth-order valence-corrected chi connectivity index (χ4v) is 3.73. The number of aromatic nitrogens is 1. The molecule has 3 rings (SSSR count). The van der Waals surface area contributed by atoms with Gasteiger partial charge in [-0.05, 0) is 52.3 Å². The lowest BCUT2D eigenvalue weighted by Crippen LogP contribution is -2.47. The summed E-state index contributed by atoms with van der Waals surface area (Å²) in [4.78, 5) is 10.4. The fraction of sp³-hybridized carbons (Fsp3) is 0.353. The second kappa shape index (κ2) is 8.13. The second-order valence-electron chi connectivity index (χ2n) is 5.47. The Labute approximate surface area is 149 Å². The van der Waals surface area contributed by atoms with E-state index < -0.39 is 0 Å². The molecule has 1 aromatic heterocycles. The maximum absolute atomic E-state index is 12.9. The highest BCUT2D eigenvalue weighted by atomic mass is 79.9. The molecule has 0 amide bonds. The third-order valence-electron chi connectivity index (χ3n) is 3.90. The number of pyridine rings is 1. The van der Waals surface area contributed by atoms with Crippen molar-refractivity contribution in [1.29, 1.82) is 0 Å². The number of halogens is 2. The van der Waals surface area contributed by atoms with Crippen LogP contribution in [0.3, 0.4) is 0 Å². The van der Waals surface area contributed by atoms with E-state index >= 15 is 0 Å². The van der Waals surface area contributed by atoms with Crippen LogP contribution in [0.5, 0.6) is 0 Å². The van der Waals surface area contributed by atoms with E-state index in [1.165, 1.54) is 12.1 Å². The van der Waals surface area contributed by atoms with E-state index in [9.17, 15) is 4.39 Å². The molecule has 23 heavy (non-hydrogen) atoms. The van der Waals surface area contributed by atoms with Crippen molar-refractivity contribution in [3.8, 4) is 0 Å². The summed E-state index contributed by atoms with van der Waals surface area (Å²) in [5.74, 6) is 1.91. The van der Waals surface area contributed by atoms with Crippen molar-refractivity contribution in [2.24, 2.45) is 0 Å². The van der Waals surface area contributed by atoms with Crippen molar-refractivity contribution in [2.45, 2.75) is 4.90 Å². The molecular weight excluding hydrogens is 377 g/mol.